The molecule has 152 valence electrons. The van der Waals surface area contributed by atoms with Gasteiger partial charge in [0.05, 0.1) is 16.9 Å². The third-order valence-corrected chi connectivity index (χ3v) is 5.43. The number of hydrogen-bond donors (Lipinski definition) is 1. The lowest BCUT2D eigenvalue weighted by Crippen LogP contribution is -2.36. The Morgan fingerprint density at radius 1 is 0.933 bits per heavy atom. The zero-order chi connectivity index (χ0) is 21.3. The van der Waals surface area contributed by atoms with Crippen LogP contribution in [0.2, 0.25) is 0 Å². The van der Waals surface area contributed by atoms with Gasteiger partial charge in [0.2, 0.25) is 5.91 Å². The molecule has 0 atom stereocenters. The number of amides is 3. The van der Waals surface area contributed by atoms with E-state index < -0.39 is 0 Å². The van der Waals surface area contributed by atoms with Crippen LogP contribution in [0, 0.1) is 0 Å². The molecule has 0 saturated carbocycles. The van der Waals surface area contributed by atoms with Crippen LogP contribution in [0.5, 0.6) is 0 Å². The van der Waals surface area contributed by atoms with Crippen molar-refractivity contribution in [3.05, 3.63) is 71.8 Å². The molecule has 6 nitrogen and oxygen atoms in total. The molecule has 4 rings (SSSR count). The number of benzene rings is 3. The van der Waals surface area contributed by atoms with Gasteiger partial charge in [-0.05, 0) is 43.5 Å². The Morgan fingerprint density at radius 3 is 2.37 bits per heavy atom. The zero-order valence-corrected chi connectivity index (χ0v) is 17.0. The Kier molecular flexibility index (Phi) is 5.23. The van der Waals surface area contributed by atoms with E-state index in [-0.39, 0.29) is 24.3 Å². The first-order valence-corrected chi connectivity index (χ1v) is 10.1. The van der Waals surface area contributed by atoms with Crippen molar-refractivity contribution in [2.45, 2.75) is 13.8 Å². The number of para-hydroxylation sites is 1. The molecule has 3 amide bonds. The molecule has 0 aliphatic carbocycles. The lowest BCUT2D eigenvalue weighted by Gasteiger charge is -2.21. The monoisotopic (exact) mass is 401 g/mol. The fraction of sp³-hybridized carbons (Fsp3) is 0.208. The number of nitrogens with one attached hydrogen (secondary N) is 1. The molecule has 0 unspecified atom stereocenters. The van der Waals surface area contributed by atoms with Crippen molar-refractivity contribution in [3.8, 4) is 0 Å². The highest BCUT2D eigenvalue weighted by Crippen LogP contribution is 2.37. The SMILES string of the molecule is CCN(CC)C(=O)c1ccccc1NC(=O)CN1C(=O)c2cccc3cccc1c23. The summed E-state index contributed by atoms with van der Waals surface area (Å²) in [6, 6.07) is 18.2. The second-order valence-corrected chi connectivity index (χ2v) is 7.14. The molecule has 1 aliphatic heterocycles. The van der Waals surface area contributed by atoms with Crippen molar-refractivity contribution in [3.63, 3.8) is 0 Å². The lowest BCUT2D eigenvalue weighted by atomic mass is 10.1. The maximum atomic E-state index is 12.9. The number of hydrogen-bond acceptors (Lipinski definition) is 3. The van der Waals surface area contributed by atoms with Crippen LogP contribution in [-0.2, 0) is 4.79 Å². The third kappa shape index (κ3) is 3.30. The minimum atomic E-state index is -0.354. The fourth-order valence-electron chi connectivity index (χ4n) is 3.93. The smallest absolute Gasteiger partial charge is 0.259 e. The molecule has 0 fully saturated rings. The Morgan fingerprint density at radius 2 is 1.63 bits per heavy atom. The average Bonchev–Trinajstić information content (AvgIpc) is 3.03. The summed E-state index contributed by atoms with van der Waals surface area (Å²) < 4.78 is 0. The topological polar surface area (TPSA) is 69.7 Å². The summed E-state index contributed by atoms with van der Waals surface area (Å²) in [7, 11) is 0. The zero-order valence-electron chi connectivity index (χ0n) is 17.0. The molecular weight excluding hydrogens is 378 g/mol. The first kappa shape index (κ1) is 19.6. The van der Waals surface area contributed by atoms with Gasteiger partial charge in [0.1, 0.15) is 6.54 Å². The van der Waals surface area contributed by atoms with Gasteiger partial charge in [-0.25, -0.2) is 0 Å². The maximum absolute atomic E-state index is 12.9. The molecule has 30 heavy (non-hydrogen) atoms. The van der Waals surface area contributed by atoms with E-state index in [0.717, 1.165) is 16.5 Å². The normalized spacial score (nSPS) is 12.3. The molecule has 0 aromatic heterocycles. The molecular formula is C24H23N3O3. The minimum absolute atomic E-state index is 0.125. The molecule has 0 radical (unpaired) electrons. The van der Waals surface area contributed by atoms with Crippen LogP contribution in [0.15, 0.2) is 60.7 Å². The van der Waals surface area contributed by atoms with Crippen molar-refractivity contribution < 1.29 is 14.4 Å². The highest BCUT2D eigenvalue weighted by atomic mass is 16.2. The van der Waals surface area contributed by atoms with Crippen LogP contribution in [0.4, 0.5) is 11.4 Å². The van der Waals surface area contributed by atoms with Crippen molar-refractivity contribution >= 4 is 39.9 Å². The molecule has 0 bridgehead atoms. The third-order valence-electron chi connectivity index (χ3n) is 5.43. The highest BCUT2D eigenvalue weighted by molar-refractivity contribution is 6.26. The molecule has 1 heterocycles. The van der Waals surface area contributed by atoms with Crippen LogP contribution in [0.1, 0.15) is 34.6 Å². The van der Waals surface area contributed by atoms with E-state index in [1.165, 1.54) is 4.90 Å². The summed E-state index contributed by atoms with van der Waals surface area (Å²) >= 11 is 0. The Bertz CT molecular complexity index is 1150. The standard InChI is InChI=1S/C24H23N3O3/c1-3-26(4-2)23(29)17-11-5-6-13-19(17)25-21(28)15-27-20-14-8-10-16-9-7-12-18(22(16)20)24(27)30/h5-14H,3-4,15H2,1-2H3,(H,25,28). The van der Waals surface area contributed by atoms with E-state index in [2.05, 4.69) is 5.32 Å². The first-order chi connectivity index (χ1) is 14.5. The molecule has 1 N–H and O–H groups in total. The molecule has 3 aromatic rings. The molecule has 6 heteroatoms. The van der Waals surface area contributed by atoms with E-state index in [4.69, 9.17) is 0 Å². The predicted molar refractivity (Wildman–Crippen MR) is 118 cm³/mol. The summed E-state index contributed by atoms with van der Waals surface area (Å²) in [6.45, 7) is 4.88. The van der Waals surface area contributed by atoms with Gasteiger partial charge in [-0.3, -0.25) is 19.3 Å². The van der Waals surface area contributed by atoms with Crippen LogP contribution < -0.4 is 10.2 Å². The van der Waals surface area contributed by atoms with Crippen molar-refractivity contribution in [2.75, 3.05) is 29.9 Å². The molecule has 1 aliphatic rings. The van der Waals surface area contributed by atoms with Crippen molar-refractivity contribution in [1.82, 2.24) is 4.90 Å². The van der Waals surface area contributed by atoms with E-state index in [1.807, 2.05) is 44.2 Å². The first-order valence-electron chi connectivity index (χ1n) is 10.1. The number of carbonyl (C=O) groups excluding carboxylic acids is 3. The minimum Gasteiger partial charge on any atom is -0.339 e. The van der Waals surface area contributed by atoms with Gasteiger partial charge in [-0.1, -0.05) is 36.4 Å². The summed E-state index contributed by atoms with van der Waals surface area (Å²) in [5.74, 6) is -0.678. The number of nitrogens with zero attached hydrogens (tertiary/aromatic N) is 2. The molecule has 0 spiro atoms. The summed E-state index contributed by atoms with van der Waals surface area (Å²) in [5.41, 5.74) is 2.22. The largest absolute Gasteiger partial charge is 0.339 e. The van der Waals surface area contributed by atoms with Gasteiger partial charge >= 0.3 is 0 Å². The summed E-state index contributed by atoms with van der Waals surface area (Å²) in [6.07, 6.45) is 0. The Hall–Kier alpha value is -3.67. The highest BCUT2D eigenvalue weighted by Gasteiger charge is 2.31. The van der Waals surface area contributed by atoms with Crippen molar-refractivity contribution in [1.29, 1.82) is 0 Å². The quantitative estimate of drug-likeness (QED) is 0.681. The lowest BCUT2D eigenvalue weighted by molar-refractivity contribution is -0.114. The fourth-order valence-corrected chi connectivity index (χ4v) is 3.93. The molecule has 3 aromatic carbocycles. The van der Waals surface area contributed by atoms with Gasteiger partial charge in [0, 0.05) is 24.0 Å². The van der Waals surface area contributed by atoms with E-state index in [9.17, 15) is 14.4 Å². The van der Waals surface area contributed by atoms with Crippen LogP contribution in [0.3, 0.4) is 0 Å². The van der Waals surface area contributed by atoms with E-state index in [0.29, 0.717) is 29.9 Å². The maximum Gasteiger partial charge on any atom is 0.259 e. The second kappa shape index (κ2) is 7.99. The predicted octanol–water partition coefficient (Wildman–Crippen LogP) is 3.92. The van der Waals surface area contributed by atoms with Crippen LogP contribution in [0.25, 0.3) is 10.8 Å². The summed E-state index contributed by atoms with van der Waals surface area (Å²) in [5, 5.41) is 4.66. The van der Waals surface area contributed by atoms with Crippen molar-refractivity contribution in [2.24, 2.45) is 0 Å². The number of anilines is 2. The Labute approximate surface area is 175 Å². The summed E-state index contributed by atoms with van der Waals surface area (Å²) in [4.78, 5) is 41.7. The van der Waals surface area contributed by atoms with Gasteiger partial charge in [-0.15, -0.1) is 0 Å². The van der Waals surface area contributed by atoms with Gasteiger partial charge in [0.15, 0.2) is 0 Å². The van der Waals surface area contributed by atoms with E-state index >= 15 is 0 Å². The number of rotatable bonds is 6. The van der Waals surface area contributed by atoms with Gasteiger partial charge < -0.3 is 10.2 Å². The average molecular weight is 401 g/mol. The second-order valence-electron chi connectivity index (χ2n) is 7.14. The molecule has 0 saturated heterocycles. The number of carbonyl (C=O) groups is 3. The van der Waals surface area contributed by atoms with Crippen LogP contribution in [-0.4, -0.2) is 42.3 Å². The van der Waals surface area contributed by atoms with Gasteiger partial charge in [-0.2, -0.15) is 0 Å². The van der Waals surface area contributed by atoms with E-state index in [1.54, 1.807) is 35.2 Å². The van der Waals surface area contributed by atoms with Gasteiger partial charge in [0.25, 0.3) is 11.8 Å². The van der Waals surface area contributed by atoms with Crippen LogP contribution >= 0.6 is 0 Å². The Balaban J connectivity index is 1.57.